The number of carbonyl (C=O) groups is 1. The SMILES string of the molecule is Cc1c(C(=O)NCC2CCN(Cc3ccco3)CC2)cccc1[N+](=O)[O-]. The number of furan rings is 1. The van der Waals surface area contributed by atoms with Crippen LogP contribution in [0.1, 0.15) is 34.5 Å². The molecule has 1 aliphatic heterocycles. The molecule has 0 radical (unpaired) electrons. The van der Waals surface area contributed by atoms with Crippen LogP contribution in [0.5, 0.6) is 0 Å². The molecule has 138 valence electrons. The number of benzene rings is 1. The Bertz CT molecular complexity index is 765. The van der Waals surface area contributed by atoms with Gasteiger partial charge in [0.05, 0.1) is 17.7 Å². The van der Waals surface area contributed by atoms with Gasteiger partial charge < -0.3 is 9.73 Å². The van der Waals surface area contributed by atoms with Crippen molar-refractivity contribution < 1.29 is 14.1 Å². The van der Waals surface area contributed by atoms with Crippen molar-refractivity contribution >= 4 is 11.6 Å². The number of nitrogens with one attached hydrogen (secondary N) is 1. The van der Waals surface area contributed by atoms with Gasteiger partial charge in [0.15, 0.2) is 0 Å². The van der Waals surface area contributed by atoms with Crippen LogP contribution in [0, 0.1) is 23.0 Å². The minimum atomic E-state index is -0.457. The van der Waals surface area contributed by atoms with E-state index in [0.29, 0.717) is 23.6 Å². The topological polar surface area (TPSA) is 88.6 Å². The van der Waals surface area contributed by atoms with Crippen LogP contribution in [-0.2, 0) is 6.54 Å². The van der Waals surface area contributed by atoms with Crippen molar-refractivity contribution in [3.63, 3.8) is 0 Å². The van der Waals surface area contributed by atoms with Gasteiger partial charge in [-0.15, -0.1) is 0 Å². The lowest BCUT2D eigenvalue weighted by molar-refractivity contribution is -0.385. The van der Waals surface area contributed by atoms with Gasteiger partial charge in [0, 0.05) is 23.7 Å². The number of carbonyl (C=O) groups excluding carboxylic acids is 1. The van der Waals surface area contributed by atoms with Gasteiger partial charge in [0.1, 0.15) is 5.76 Å². The number of rotatable bonds is 6. The second-order valence-corrected chi connectivity index (χ2v) is 6.72. The summed E-state index contributed by atoms with van der Waals surface area (Å²) in [5, 5.41) is 13.9. The maximum absolute atomic E-state index is 12.4. The van der Waals surface area contributed by atoms with E-state index < -0.39 is 4.92 Å². The smallest absolute Gasteiger partial charge is 0.273 e. The van der Waals surface area contributed by atoms with E-state index in [0.717, 1.165) is 38.2 Å². The largest absolute Gasteiger partial charge is 0.468 e. The normalized spacial score (nSPS) is 15.7. The zero-order valence-electron chi connectivity index (χ0n) is 14.8. The third-order valence-electron chi connectivity index (χ3n) is 4.96. The number of nitro groups is 1. The molecule has 1 aromatic heterocycles. The summed E-state index contributed by atoms with van der Waals surface area (Å²) in [5.41, 5.74) is 0.751. The Labute approximate surface area is 152 Å². The molecular weight excluding hydrogens is 334 g/mol. The van der Waals surface area contributed by atoms with Crippen LogP contribution in [0.2, 0.25) is 0 Å². The minimum Gasteiger partial charge on any atom is -0.468 e. The maximum Gasteiger partial charge on any atom is 0.273 e. The van der Waals surface area contributed by atoms with E-state index in [9.17, 15) is 14.9 Å². The van der Waals surface area contributed by atoms with E-state index in [-0.39, 0.29) is 11.6 Å². The van der Waals surface area contributed by atoms with Gasteiger partial charge in [-0.1, -0.05) is 6.07 Å². The van der Waals surface area contributed by atoms with Crippen molar-refractivity contribution in [1.29, 1.82) is 0 Å². The first kappa shape index (κ1) is 18.1. The van der Waals surface area contributed by atoms with Crippen LogP contribution in [-0.4, -0.2) is 35.4 Å². The summed E-state index contributed by atoms with van der Waals surface area (Å²) in [6, 6.07) is 8.47. The van der Waals surface area contributed by atoms with Crippen LogP contribution >= 0.6 is 0 Å². The number of nitrogens with zero attached hydrogens (tertiary/aromatic N) is 2. The van der Waals surface area contributed by atoms with Gasteiger partial charge in [-0.2, -0.15) is 0 Å². The summed E-state index contributed by atoms with van der Waals surface area (Å²) in [6.07, 6.45) is 3.71. The molecule has 1 N–H and O–H groups in total. The molecule has 0 unspecified atom stereocenters. The van der Waals surface area contributed by atoms with Crippen LogP contribution in [0.3, 0.4) is 0 Å². The van der Waals surface area contributed by atoms with Gasteiger partial charge in [-0.25, -0.2) is 0 Å². The monoisotopic (exact) mass is 357 g/mol. The summed E-state index contributed by atoms with van der Waals surface area (Å²) in [7, 11) is 0. The Balaban J connectivity index is 1.48. The van der Waals surface area contributed by atoms with Gasteiger partial charge >= 0.3 is 0 Å². The Morgan fingerprint density at radius 3 is 2.73 bits per heavy atom. The molecule has 7 nitrogen and oxygen atoms in total. The highest BCUT2D eigenvalue weighted by molar-refractivity contribution is 5.96. The number of piperidine rings is 1. The first-order valence-electron chi connectivity index (χ1n) is 8.81. The van der Waals surface area contributed by atoms with Crippen molar-refractivity contribution in [2.75, 3.05) is 19.6 Å². The highest BCUT2D eigenvalue weighted by Gasteiger charge is 2.22. The molecule has 0 bridgehead atoms. The lowest BCUT2D eigenvalue weighted by atomic mass is 9.96. The molecule has 1 fully saturated rings. The average molecular weight is 357 g/mol. The fourth-order valence-electron chi connectivity index (χ4n) is 3.37. The van der Waals surface area contributed by atoms with Crippen molar-refractivity contribution in [1.82, 2.24) is 10.2 Å². The zero-order valence-corrected chi connectivity index (χ0v) is 14.8. The fraction of sp³-hybridized carbons (Fsp3) is 0.421. The molecule has 1 aliphatic rings. The predicted molar refractivity (Wildman–Crippen MR) is 96.9 cm³/mol. The van der Waals surface area contributed by atoms with E-state index >= 15 is 0 Å². The van der Waals surface area contributed by atoms with Crippen molar-refractivity contribution in [2.24, 2.45) is 5.92 Å². The molecule has 1 aromatic carbocycles. The van der Waals surface area contributed by atoms with Crippen LogP contribution in [0.25, 0.3) is 0 Å². The molecule has 0 spiro atoms. The van der Waals surface area contributed by atoms with Crippen LogP contribution < -0.4 is 5.32 Å². The van der Waals surface area contributed by atoms with Crippen molar-refractivity contribution in [3.8, 4) is 0 Å². The molecule has 0 saturated carbocycles. The van der Waals surface area contributed by atoms with E-state index in [1.165, 1.54) is 6.07 Å². The molecule has 0 aliphatic carbocycles. The Morgan fingerprint density at radius 1 is 1.31 bits per heavy atom. The standard InChI is InChI=1S/C19H23N3O4/c1-14-17(5-2-6-18(14)22(24)25)19(23)20-12-15-7-9-21(10-8-15)13-16-4-3-11-26-16/h2-6,11,15H,7-10,12-13H2,1H3,(H,20,23). The average Bonchev–Trinajstić information content (AvgIpc) is 3.14. The zero-order chi connectivity index (χ0) is 18.5. The molecule has 2 aromatic rings. The van der Waals surface area contributed by atoms with E-state index in [1.54, 1.807) is 25.3 Å². The van der Waals surface area contributed by atoms with E-state index in [2.05, 4.69) is 10.2 Å². The second-order valence-electron chi connectivity index (χ2n) is 6.72. The van der Waals surface area contributed by atoms with E-state index in [4.69, 9.17) is 4.42 Å². The Hall–Kier alpha value is -2.67. The van der Waals surface area contributed by atoms with Gasteiger partial charge in [-0.3, -0.25) is 19.8 Å². The summed E-state index contributed by atoms with van der Waals surface area (Å²) >= 11 is 0. The van der Waals surface area contributed by atoms with E-state index in [1.807, 2.05) is 12.1 Å². The fourth-order valence-corrected chi connectivity index (χ4v) is 3.37. The summed E-state index contributed by atoms with van der Waals surface area (Å²) in [4.78, 5) is 25.3. The molecule has 0 atom stereocenters. The number of hydrogen-bond acceptors (Lipinski definition) is 5. The molecular formula is C19H23N3O4. The Morgan fingerprint density at radius 2 is 2.08 bits per heavy atom. The number of nitro benzene ring substituents is 1. The highest BCUT2D eigenvalue weighted by atomic mass is 16.6. The minimum absolute atomic E-state index is 0.0242. The molecule has 1 amide bonds. The van der Waals surface area contributed by atoms with Crippen LogP contribution in [0.15, 0.2) is 41.0 Å². The van der Waals surface area contributed by atoms with Gasteiger partial charge in [0.25, 0.3) is 11.6 Å². The quantitative estimate of drug-likeness (QED) is 0.634. The van der Waals surface area contributed by atoms with Crippen molar-refractivity contribution in [3.05, 3.63) is 63.6 Å². The van der Waals surface area contributed by atoms with Crippen molar-refractivity contribution in [2.45, 2.75) is 26.3 Å². The molecule has 2 heterocycles. The first-order chi connectivity index (χ1) is 12.5. The highest BCUT2D eigenvalue weighted by Crippen LogP contribution is 2.22. The summed E-state index contributed by atoms with van der Waals surface area (Å²) < 4.78 is 5.38. The third kappa shape index (κ3) is 4.29. The number of amides is 1. The lowest BCUT2D eigenvalue weighted by Crippen LogP contribution is -2.38. The third-order valence-corrected chi connectivity index (χ3v) is 4.96. The molecule has 3 rings (SSSR count). The molecule has 7 heteroatoms. The number of likely N-dealkylation sites (tertiary alicyclic amines) is 1. The summed E-state index contributed by atoms with van der Waals surface area (Å²) in [5.74, 6) is 1.15. The van der Waals surface area contributed by atoms with Crippen LogP contribution in [0.4, 0.5) is 5.69 Å². The first-order valence-corrected chi connectivity index (χ1v) is 8.81. The Kier molecular flexibility index (Phi) is 5.68. The lowest BCUT2D eigenvalue weighted by Gasteiger charge is -2.31. The predicted octanol–water partition coefficient (Wildman–Crippen LogP) is 3.14. The molecule has 1 saturated heterocycles. The van der Waals surface area contributed by atoms with Gasteiger partial charge in [-0.05, 0) is 57.0 Å². The second kappa shape index (κ2) is 8.14. The molecule has 26 heavy (non-hydrogen) atoms. The maximum atomic E-state index is 12.4. The van der Waals surface area contributed by atoms with Gasteiger partial charge in [0.2, 0.25) is 0 Å². The summed E-state index contributed by atoms with van der Waals surface area (Å²) in [6.45, 7) is 4.96. The number of hydrogen-bond donors (Lipinski definition) is 1.